The zero-order valence-corrected chi connectivity index (χ0v) is 15.2. The van der Waals surface area contributed by atoms with E-state index in [1.165, 1.54) is 0 Å². The lowest BCUT2D eigenvalue weighted by atomic mass is 10.2. The number of hydrogen-bond acceptors (Lipinski definition) is 5. The number of guanidine groups is 1. The number of piperazine rings is 1. The van der Waals surface area contributed by atoms with Crippen LogP contribution in [0.2, 0.25) is 0 Å². The van der Waals surface area contributed by atoms with E-state index in [2.05, 4.69) is 55.8 Å². The summed E-state index contributed by atoms with van der Waals surface area (Å²) in [5.41, 5.74) is 1.16. The summed E-state index contributed by atoms with van der Waals surface area (Å²) in [5.74, 6) is 2.98. The van der Waals surface area contributed by atoms with E-state index in [-0.39, 0.29) is 0 Å². The topological polar surface area (TPSA) is 55.8 Å². The molecular weight excluding hydrogens is 308 g/mol. The van der Waals surface area contributed by atoms with Crippen molar-refractivity contribution in [3.63, 3.8) is 0 Å². The minimum atomic E-state index is 0.731. The Morgan fingerprint density at radius 3 is 2.65 bits per heavy atom. The number of aliphatic imine (C=N–C) groups is 1. The van der Waals surface area contributed by atoms with Gasteiger partial charge in [0.15, 0.2) is 5.96 Å². The second-order valence-corrected chi connectivity index (χ2v) is 6.65. The fraction of sp³-hybridized carbons (Fsp3) is 0.625. The van der Waals surface area contributed by atoms with E-state index in [1.807, 2.05) is 18.0 Å². The third-order valence-corrected chi connectivity index (χ3v) is 4.53. The van der Waals surface area contributed by atoms with Gasteiger partial charge in [0.2, 0.25) is 0 Å². The van der Waals surface area contributed by atoms with E-state index < -0.39 is 0 Å². The molecule has 2 N–H and O–H groups in total. The van der Waals surface area contributed by atoms with Gasteiger partial charge in [0.05, 0.1) is 0 Å². The van der Waals surface area contributed by atoms with Gasteiger partial charge in [0.25, 0.3) is 0 Å². The minimum absolute atomic E-state index is 0.731. The molecule has 0 bridgehead atoms. The molecule has 0 atom stereocenters. The summed E-state index contributed by atoms with van der Waals surface area (Å²) < 4.78 is 0. The zero-order chi connectivity index (χ0) is 16.5. The molecule has 0 radical (unpaired) electrons. The van der Waals surface area contributed by atoms with Crippen molar-refractivity contribution in [1.82, 2.24) is 20.5 Å². The van der Waals surface area contributed by atoms with Crippen molar-refractivity contribution >= 4 is 23.5 Å². The molecule has 1 aromatic heterocycles. The van der Waals surface area contributed by atoms with Crippen molar-refractivity contribution in [3.8, 4) is 0 Å². The van der Waals surface area contributed by atoms with E-state index >= 15 is 0 Å². The van der Waals surface area contributed by atoms with Crippen molar-refractivity contribution in [1.29, 1.82) is 0 Å². The molecule has 1 saturated heterocycles. The lowest BCUT2D eigenvalue weighted by Gasteiger charge is -2.33. The SMILES string of the molecule is CN=C(NCCSC)NCc1ccc(N2CCN(C)CC2)nc1. The van der Waals surface area contributed by atoms with Gasteiger partial charge in [-0.3, -0.25) is 4.99 Å². The number of thioether (sulfide) groups is 1. The van der Waals surface area contributed by atoms with Gasteiger partial charge >= 0.3 is 0 Å². The first-order valence-electron chi connectivity index (χ1n) is 8.05. The third kappa shape index (κ3) is 5.91. The number of rotatable bonds is 6. The Morgan fingerprint density at radius 2 is 2.04 bits per heavy atom. The molecule has 128 valence electrons. The van der Waals surface area contributed by atoms with E-state index in [1.54, 1.807) is 7.05 Å². The fourth-order valence-electron chi connectivity index (χ4n) is 2.42. The number of likely N-dealkylation sites (N-methyl/N-ethyl adjacent to an activating group) is 1. The minimum Gasteiger partial charge on any atom is -0.356 e. The molecule has 0 aliphatic carbocycles. The van der Waals surface area contributed by atoms with Crippen molar-refractivity contribution < 1.29 is 0 Å². The summed E-state index contributed by atoms with van der Waals surface area (Å²) in [4.78, 5) is 13.5. The molecule has 6 nitrogen and oxygen atoms in total. The predicted octanol–water partition coefficient (Wildman–Crippen LogP) is 0.861. The molecule has 1 aliphatic rings. The van der Waals surface area contributed by atoms with Crippen LogP contribution in [0.25, 0.3) is 0 Å². The first kappa shape index (κ1) is 17.9. The van der Waals surface area contributed by atoms with E-state index in [9.17, 15) is 0 Å². The molecule has 1 aromatic rings. The monoisotopic (exact) mass is 336 g/mol. The average Bonchev–Trinajstić information content (AvgIpc) is 2.59. The summed E-state index contributed by atoms with van der Waals surface area (Å²) in [6.07, 6.45) is 4.06. The van der Waals surface area contributed by atoms with Gasteiger partial charge in [0, 0.05) is 58.3 Å². The molecule has 1 aliphatic heterocycles. The lowest BCUT2D eigenvalue weighted by molar-refractivity contribution is 0.312. The Morgan fingerprint density at radius 1 is 1.26 bits per heavy atom. The van der Waals surface area contributed by atoms with Crippen LogP contribution in [0.15, 0.2) is 23.3 Å². The van der Waals surface area contributed by atoms with E-state index in [0.29, 0.717) is 0 Å². The van der Waals surface area contributed by atoms with Crippen LogP contribution in [0.3, 0.4) is 0 Å². The molecule has 0 unspecified atom stereocenters. The Kier molecular flexibility index (Phi) is 7.48. The molecule has 2 rings (SSSR count). The van der Waals surface area contributed by atoms with Crippen molar-refractivity contribution in [2.45, 2.75) is 6.54 Å². The van der Waals surface area contributed by atoms with Crippen LogP contribution < -0.4 is 15.5 Å². The lowest BCUT2D eigenvalue weighted by Crippen LogP contribution is -2.44. The molecule has 0 aromatic carbocycles. The second-order valence-electron chi connectivity index (χ2n) is 5.66. The summed E-state index contributed by atoms with van der Waals surface area (Å²) in [6, 6.07) is 4.26. The normalized spacial score (nSPS) is 16.5. The summed E-state index contributed by atoms with van der Waals surface area (Å²) in [6.45, 7) is 5.95. The van der Waals surface area contributed by atoms with E-state index in [0.717, 1.165) is 62.4 Å². The maximum atomic E-state index is 4.61. The van der Waals surface area contributed by atoms with Gasteiger partial charge < -0.3 is 20.4 Å². The Bertz CT molecular complexity index is 482. The number of anilines is 1. The van der Waals surface area contributed by atoms with Crippen LogP contribution in [0, 0.1) is 0 Å². The number of nitrogens with zero attached hydrogens (tertiary/aromatic N) is 4. The van der Waals surface area contributed by atoms with Crippen LogP contribution in [-0.2, 0) is 6.54 Å². The number of nitrogens with one attached hydrogen (secondary N) is 2. The maximum absolute atomic E-state index is 4.61. The van der Waals surface area contributed by atoms with Gasteiger partial charge in [-0.25, -0.2) is 4.98 Å². The maximum Gasteiger partial charge on any atom is 0.191 e. The Labute approximate surface area is 143 Å². The van der Waals surface area contributed by atoms with Gasteiger partial charge in [-0.15, -0.1) is 0 Å². The quantitative estimate of drug-likeness (QED) is 0.457. The third-order valence-electron chi connectivity index (χ3n) is 3.92. The van der Waals surface area contributed by atoms with Crippen LogP contribution in [0.1, 0.15) is 5.56 Å². The first-order valence-corrected chi connectivity index (χ1v) is 9.44. The van der Waals surface area contributed by atoms with Gasteiger partial charge in [-0.2, -0.15) is 11.8 Å². The largest absolute Gasteiger partial charge is 0.356 e. The highest BCUT2D eigenvalue weighted by Gasteiger charge is 2.14. The molecule has 0 amide bonds. The molecule has 1 fully saturated rings. The molecule has 7 heteroatoms. The van der Waals surface area contributed by atoms with Crippen molar-refractivity contribution in [2.24, 2.45) is 4.99 Å². The highest BCUT2D eigenvalue weighted by molar-refractivity contribution is 7.98. The molecule has 0 saturated carbocycles. The number of aromatic nitrogens is 1. The first-order chi connectivity index (χ1) is 11.2. The van der Waals surface area contributed by atoms with Crippen LogP contribution in [0.4, 0.5) is 5.82 Å². The highest BCUT2D eigenvalue weighted by atomic mass is 32.2. The summed E-state index contributed by atoms with van der Waals surface area (Å²) in [7, 11) is 3.96. The molecule has 0 spiro atoms. The Hall–Kier alpha value is -1.47. The fourth-order valence-corrected chi connectivity index (χ4v) is 2.73. The van der Waals surface area contributed by atoms with Crippen LogP contribution in [-0.4, -0.2) is 74.7 Å². The van der Waals surface area contributed by atoms with Crippen molar-refractivity contribution in [2.75, 3.05) is 63.7 Å². The van der Waals surface area contributed by atoms with Crippen molar-refractivity contribution in [3.05, 3.63) is 23.9 Å². The number of hydrogen-bond donors (Lipinski definition) is 2. The zero-order valence-electron chi connectivity index (χ0n) is 14.4. The van der Waals surface area contributed by atoms with Gasteiger partial charge in [-0.05, 0) is 24.9 Å². The molecule has 23 heavy (non-hydrogen) atoms. The standard InChI is InChI=1S/C16H28N6S/c1-17-16(18-6-11-23-3)20-13-14-4-5-15(19-12-14)22-9-7-21(2)8-10-22/h4-5,12H,6-11,13H2,1-3H3,(H2,17,18,20). The summed E-state index contributed by atoms with van der Waals surface area (Å²) in [5, 5.41) is 6.61. The molecule has 2 heterocycles. The van der Waals surface area contributed by atoms with E-state index in [4.69, 9.17) is 0 Å². The van der Waals surface area contributed by atoms with Crippen LogP contribution >= 0.6 is 11.8 Å². The predicted molar refractivity (Wildman–Crippen MR) is 101 cm³/mol. The van der Waals surface area contributed by atoms with Gasteiger partial charge in [0.1, 0.15) is 5.82 Å². The smallest absolute Gasteiger partial charge is 0.191 e. The second kappa shape index (κ2) is 9.62. The van der Waals surface area contributed by atoms with Crippen LogP contribution in [0.5, 0.6) is 0 Å². The molecular formula is C16H28N6S. The average molecular weight is 337 g/mol. The number of pyridine rings is 1. The van der Waals surface area contributed by atoms with Gasteiger partial charge in [-0.1, -0.05) is 6.07 Å². The Balaban J connectivity index is 1.80. The highest BCUT2D eigenvalue weighted by Crippen LogP contribution is 2.13. The summed E-state index contributed by atoms with van der Waals surface area (Å²) >= 11 is 1.82.